The molecule has 0 unspecified atom stereocenters. The fraction of sp³-hybridized carbons (Fsp3) is 0.467. The molecule has 1 aromatic rings. The lowest BCUT2D eigenvalue weighted by Gasteiger charge is -2.14. The standard InChI is InChI=1S/C15H21NO4S/c1-10-4-5-12(8-11(10)2)20-9-14(17)16-13(15(18)19)6-7-21-3/h4-5,8,13H,6-7,9H2,1-3H3,(H,16,17)(H,18,19)/t13-/m1/s1. The molecular formula is C15H21NO4S. The smallest absolute Gasteiger partial charge is 0.326 e. The van der Waals surface area contributed by atoms with E-state index in [4.69, 9.17) is 9.84 Å². The first-order valence-corrected chi connectivity index (χ1v) is 8.04. The number of carboxylic acid groups (broad SMARTS) is 1. The molecule has 2 N–H and O–H groups in total. The molecule has 1 atom stereocenters. The van der Waals surface area contributed by atoms with Crippen molar-refractivity contribution in [3.8, 4) is 5.75 Å². The van der Waals surface area contributed by atoms with Crippen molar-refractivity contribution in [2.45, 2.75) is 26.3 Å². The molecule has 0 fully saturated rings. The molecule has 0 aliphatic heterocycles. The largest absolute Gasteiger partial charge is 0.484 e. The summed E-state index contributed by atoms with van der Waals surface area (Å²) in [6.45, 7) is 3.77. The van der Waals surface area contributed by atoms with Crippen molar-refractivity contribution in [1.29, 1.82) is 0 Å². The van der Waals surface area contributed by atoms with E-state index >= 15 is 0 Å². The normalized spacial score (nSPS) is 11.8. The Morgan fingerprint density at radius 1 is 1.33 bits per heavy atom. The van der Waals surface area contributed by atoms with Gasteiger partial charge in [0, 0.05) is 0 Å². The van der Waals surface area contributed by atoms with Crippen LogP contribution in [0.4, 0.5) is 0 Å². The van der Waals surface area contributed by atoms with Crippen LogP contribution in [0.3, 0.4) is 0 Å². The van der Waals surface area contributed by atoms with E-state index in [0.717, 1.165) is 11.1 Å². The second kappa shape index (κ2) is 8.56. The van der Waals surface area contributed by atoms with Crippen LogP contribution in [-0.4, -0.2) is 41.6 Å². The molecule has 1 aromatic carbocycles. The Bertz CT molecular complexity index is 504. The number of carboxylic acids is 1. The zero-order valence-corrected chi connectivity index (χ0v) is 13.3. The minimum atomic E-state index is -1.02. The monoisotopic (exact) mass is 311 g/mol. The van der Waals surface area contributed by atoms with Gasteiger partial charge in [-0.05, 0) is 55.5 Å². The number of aryl methyl sites for hydroxylation is 2. The van der Waals surface area contributed by atoms with Crippen LogP contribution < -0.4 is 10.1 Å². The second-order valence-corrected chi connectivity index (χ2v) is 5.76. The number of hydrogen-bond acceptors (Lipinski definition) is 4. The average molecular weight is 311 g/mol. The highest BCUT2D eigenvalue weighted by Crippen LogP contribution is 2.16. The maximum Gasteiger partial charge on any atom is 0.326 e. The Morgan fingerprint density at radius 2 is 2.05 bits per heavy atom. The van der Waals surface area contributed by atoms with Gasteiger partial charge in [-0.15, -0.1) is 0 Å². The summed E-state index contributed by atoms with van der Waals surface area (Å²) in [6.07, 6.45) is 2.29. The van der Waals surface area contributed by atoms with Crippen LogP contribution in [-0.2, 0) is 9.59 Å². The lowest BCUT2D eigenvalue weighted by Crippen LogP contribution is -2.43. The predicted octanol–water partition coefficient (Wildman–Crippen LogP) is 2.00. The van der Waals surface area contributed by atoms with Crippen LogP contribution in [0.15, 0.2) is 18.2 Å². The quantitative estimate of drug-likeness (QED) is 0.768. The van der Waals surface area contributed by atoms with Crippen molar-refractivity contribution < 1.29 is 19.4 Å². The first-order valence-electron chi connectivity index (χ1n) is 6.65. The van der Waals surface area contributed by atoms with Gasteiger partial charge in [-0.1, -0.05) is 6.07 Å². The number of benzene rings is 1. The molecule has 0 spiro atoms. The van der Waals surface area contributed by atoms with Gasteiger partial charge in [0.1, 0.15) is 11.8 Å². The highest BCUT2D eigenvalue weighted by Gasteiger charge is 2.19. The Labute approximate surface area is 129 Å². The Morgan fingerprint density at radius 3 is 2.62 bits per heavy atom. The molecule has 6 heteroatoms. The van der Waals surface area contributed by atoms with Gasteiger partial charge in [0.05, 0.1) is 0 Å². The highest BCUT2D eigenvalue weighted by molar-refractivity contribution is 7.98. The lowest BCUT2D eigenvalue weighted by atomic mass is 10.1. The molecule has 1 amide bonds. The summed E-state index contributed by atoms with van der Waals surface area (Å²) in [4.78, 5) is 22.8. The van der Waals surface area contributed by atoms with E-state index < -0.39 is 17.9 Å². The topological polar surface area (TPSA) is 75.6 Å². The fourth-order valence-electron chi connectivity index (χ4n) is 1.68. The van der Waals surface area contributed by atoms with Gasteiger partial charge >= 0.3 is 5.97 Å². The van der Waals surface area contributed by atoms with Gasteiger partial charge in [-0.3, -0.25) is 4.79 Å². The third-order valence-electron chi connectivity index (χ3n) is 3.09. The summed E-state index contributed by atoms with van der Waals surface area (Å²) >= 11 is 1.54. The maximum atomic E-state index is 11.7. The third-order valence-corrected chi connectivity index (χ3v) is 3.74. The van der Waals surface area contributed by atoms with Gasteiger partial charge in [-0.25, -0.2) is 4.79 Å². The molecule has 0 saturated heterocycles. The first kappa shape index (κ1) is 17.4. The van der Waals surface area contributed by atoms with E-state index in [0.29, 0.717) is 17.9 Å². The zero-order chi connectivity index (χ0) is 15.8. The Hall–Kier alpha value is -1.69. The van der Waals surface area contributed by atoms with Crippen LogP contribution in [0.25, 0.3) is 0 Å². The lowest BCUT2D eigenvalue weighted by molar-refractivity contribution is -0.142. The summed E-state index contributed by atoms with van der Waals surface area (Å²) in [5.74, 6) is -0.176. The van der Waals surface area contributed by atoms with Crippen LogP contribution in [0, 0.1) is 13.8 Å². The van der Waals surface area contributed by atoms with Gasteiger partial charge in [0.2, 0.25) is 0 Å². The van der Waals surface area contributed by atoms with Gasteiger partial charge < -0.3 is 15.2 Å². The molecule has 5 nitrogen and oxygen atoms in total. The Balaban J connectivity index is 2.48. The molecular weight excluding hydrogens is 290 g/mol. The van der Waals surface area contributed by atoms with Crippen molar-refractivity contribution in [2.24, 2.45) is 0 Å². The third kappa shape index (κ3) is 6.08. The number of nitrogens with one attached hydrogen (secondary N) is 1. The summed E-state index contributed by atoms with van der Waals surface area (Å²) in [5.41, 5.74) is 2.23. The molecule has 0 heterocycles. The molecule has 1 rings (SSSR count). The van der Waals surface area contributed by atoms with E-state index in [1.165, 1.54) is 0 Å². The van der Waals surface area contributed by atoms with Gasteiger partial charge in [-0.2, -0.15) is 11.8 Å². The molecule has 0 aromatic heterocycles. The van der Waals surface area contributed by atoms with Crippen molar-refractivity contribution in [1.82, 2.24) is 5.32 Å². The van der Waals surface area contributed by atoms with Gasteiger partial charge in [0.25, 0.3) is 5.91 Å². The predicted molar refractivity (Wildman–Crippen MR) is 84.0 cm³/mol. The Kier molecular flexibility index (Phi) is 7.08. The van der Waals surface area contributed by atoms with Gasteiger partial charge in [0.15, 0.2) is 6.61 Å². The molecule has 0 radical (unpaired) electrons. The molecule has 0 bridgehead atoms. The van der Waals surface area contributed by atoms with Crippen LogP contribution >= 0.6 is 11.8 Å². The molecule has 0 saturated carbocycles. The number of carbonyl (C=O) groups is 2. The minimum Gasteiger partial charge on any atom is -0.484 e. The maximum absolute atomic E-state index is 11.7. The molecule has 21 heavy (non-hydrogen) atoms. The number of rotatable bonds is 8. The number of ether oxygens (including phenoxy) is 1. The zero-order valence-electron chi connectivity index (χ0n) is 12.5. The number of aliphatic carboxylic acids is 1. The van der Waals surface area contributed by atoms with E-state index in [1.54, 1.807) is 17.8 Å². The SMILES string of the molecule is CSCC[C@@H](NC(=O)COc1ccc(C)c(C)c1)C(=O)O. The van der Waals surface area contributed by atoms with Crippen LogP contribution in [0.5, 0.6) is 5.75 Å². The fourth-order valence-corrected chi connectivity index (χ4v) is 2.15. The van der Waals surface area contributed by atoms with Crippen molar-refractivity contribution in [3.63, 3.8) is 0 Å². The summed E-state index contributed by atoms with van der Waals surface area (Å²) in [5, 5.41) is 11.5. The molecule has 0 aliphatic rings. The highest BCUT2D eigenvalue weighted by atomic mass is 32.2. The van der Waals surface area contributed by atoms with E-state index in [1.807, 2.05) is 32.2 Å². The summed E-state index contributed by atoms with van der Waals surface area (Å²) in [7, 11) is 0. The van der Waals surface area contributed by atoms with E-state index in [2.05, 4.69) is 5.32 Å². The van der Waals surface area contributed by atoms with Crippen molar-refractivity contribution in [3.05, 3.63) is 29.3 Å². The van der Waals surface area contributed by atoms with Crippen LogP contribution in [0.1, 0.15) is 17.5 Å². The number of thioether (sulfide) groups is 1. The number of carbonyl (C=O) groups excluding carboxylic acids is 1. The van der Waals surface area contributed by atoms with E-state index in [9.17, 15) is 9.59 Å². The summed E-state index contributed by atoms with van der Waals surface area (Å²) in [6, 6.07) is 4.69. The second-order valence-electron chi connectivity index (χ2n) is 4.77. The first-order chi connectivity index (χ1) is 9.93. The number of hydrogen-bond donors (Lipinski definition) is 2. The summed E-state index contributed by atoms with van der Waals surface area (Å²) < 4.78 is 5.38. The number of amides is 1. The minimum absolute atomic E-state index is 0.189. The van der Waals surface area contributed by atoms with E-state index in [-0.39, 0.29) is 6.61 Å². The van der Waals surface area contributed by atoms with Crippen molar-refractivity contribution >= 4 is 23.6 Å². The molecule has 0 aliphatic carbocycles. The molecule has 116 valence electrons. The van der Waals surface area contributed by atoms with Crippen molar-refractivity contribution in [2.75, 3.05) is 18.6 Å². The van der Waals surface area contributed by atoms with Crippen LogP contribution in [0.2, 0.25) is 0 Å². The average Bonchev–Trinajstić information content (AvgIpc) is 2.44.